The molecule has 124 valence electrons. The van der Waals surface area contributed by atoms with Crippen LogP contribution < -0.4 is 5.32 Å². The minimum atomic E-state index is -0.105. The van der Waals surface area contributed by atoms with Gasteiger partial charge in [0.2, 0.25) is 0 Å². The van der Waals surface area contributed by atoms with Crippen molar-refractivity contribution in [1.82, 2.24) is 0 Å². The summed E-state index contributed by atoms with van der Waals surface area (Å²) in [5.41, 5.74) is 3.05. The predicted molar refractivity (Wildman–Crippen MR) is 105 cm³/mol. The van der Waals surface area contributed by atoms with E-state index in [-0.39, 0.29) is 5.91 Å². The van der Waals surface area contributed by atoms with Crippen molar-refractivity contribution in [1.29, 1.82) is 0 Å². The van der Waals surface area contributed by atoms with Crippen LogP contribution >= 0.6 is 11.8 Å². The Hall–Kier alpha value is -2.72. The van der Waals surface area contributed by atoms with Gasteiger partial charge in [-0.1, -0.05) is 37.3 Å². The van der Waals surface area contributed by atoms with Crippen LogP contribution in [0.15, 0.2) is 76.0 Å². The molecule has 0 aliphatic carbocycles. The molecule has 0 aliphatic heterocycles. The van der Waals surface area contributed by atoms with E-state index in [4.69, 9.17) is 4.42 Å². The zero-order valence-electron chi connectivity index (χ0n) is 13.8. The fourth-order valence-corrected chi connectivity index (χ4v) is 3.74. The highest BCUT2D eigenvalue weighted by Gasteiger charge is 2.12. The second kappa shape index (κ2) is 6.65. The number of carbonyl (C=O) groups excluding carboxylic acids is 1. The number of hydrogen-bond acceptors (Lipinski definition) is 3. The molecule has 0 radical (unpaired) electrons. The third-order valence-corrected chi connectivity index (χ3v) is 5.02. The molecule has 0 spiro atoms. The van der Waals surface area contributed by atoms with Gasteiger partial charge in [-0.25, -0.2) is 0 Å². The first kappa shape index (κ1) is 15.8. The summed E-state index contributed by atoms with van der Waals surface area (Å²) in [6.07, 6.45) is 0. The molecule has 25 heavy (non-hydrogen) atoms. The van der Waals surface area contributed by atoms with E-state index in [2.05, 4.69) is 12.2 Å². The predicted octanol–water partition coefficient (Wildman–Crippen LogP) is 5.95. The monoisotopic (exact) mass is 347 g/mol. The normalized spacial score (nSPS) is 11.1. The van der Waals surface area contributed by atoms with Gasteiger partial charge in [-0.15, -0.1) is 11.8 Å². The highest BCUT2D eigenvalue weighted by molar-refractivity contribution is 7.99. The molecule has 3 nitrogen and oxygen atoms in total. The topological polar surface area (TPSA) is 42.2 Å². The van der Waals surface area contributed by atoms with E-state index < -0.39 is 0 Å². The lowest BCUT2D eigenvalue weighted by Gasteiger charge is -2.09. The van der Waals surface area contributed by atoms with Crippen LogP contribution in [0.3, 0.4) is 0 Å². The number of rotatable bonds is 4. The van der Waals surface area contributed by atoms with Gasteiger partial charge in [0.1, 0.15) is 11.2 Å². The van der Waals surface area contributed by atoms with Gasteiger partial charge < -0.3 is 9.73 Å². The van der Waals surface area contributed by atoms with E-state index in [1.165, 1.54) is 0 Å². The number of furan rings is 1. The van der Waals surface area contributed by atoms with Gasteiger partial charge in [-0.2, -0.15) is 0 Å². The molecule has 0 aliphatic rings. The van der Waals surface area contributed by atoms with Crippen molar-refractivity contribution in [3.8, 4) is 0 Å². The van der Waals surface area contributed by atoms with Gasteiger partial charge in [0.25, 0.3) is 5.91 Å². The van der Waals surface area contributed by atoms with Gasteiger partial charge in [-0.3, -0.25) is 4.79 Å². The number of amides is 1. The molecule has 0 saturated heterocycles. The van der Waals surface area contributed by atoms with Crippen LogP contribution in [0.4, 0.5) is 5.69 Å². The second-order valence-corrected chi connectivity index (χ2v) is 7.00. The van der Waals surface area contributed by atoms with Crippen molar-refractivity contribution in [3.63, 3.8) is 0 Å². The third-order valence-electron chi connectivity index (χ3n) is 4.07. The van der Waals surface area contributed by atoms with Gasteiger partial charge in [0.05, 0.1) is 5.56 Å². The summed E-state index contributed by atoms with van der Waals surface area (Å²) >= 11 is 1.67. The quantitative estimate of drug-likeness (QED) is 0.464. The number of para-hydroxylation sites is 1. The van der Waals surface area contributed by atoms with Gasteiger partial charge in [0.15, 0.2) is 0 Å². The Bertz CT molecular complexity index is 1070. The number of benzene rings is 3. The lowest BCUT2D eigenvalue weighted by molar-refractivity contribution is 0.102. The summed E-state index contributed by atoms with van der Waals surface area (Å²) in [5.74, 6) is 0.821. The summed E-state index contributed by atoms with van der Waals surface area (Å²) in [7, 11) is 0. The molecule has 0 fully saturated rings. The maximum Gasteiger partial charge on any atom is 0.256 e. The Morgan fingerprint density at radius 2 is 1.72 bits per heavy atom. The Kier molecular flexibility index (Phi) is 4.20. The minimum absolute atomic E-state index is 0.105. The molecule has 1 N–H and O–H groups in total. The highest BCUT2D eigenvalue weighted by atomic mass is 32.2. The second-order valence-electron chi connectivity index (χ2n) is 5.69. The van der Waals surface area contributed by atoms with Gasteiger partial charge in [-0.05, 0) is 36.1 Å². The Morgan fingerprint density at radius 1 is 0.960 bits per heavy atom. The van der Waals surface area contributed by atoms with Gasteiger partial charge >= 0.3 is 0 Å². The molecular weight excluding hydrogens is 330 g/mol. The van der Waals surface area contributed by atoms with Crippen LogP contribution in [-0.4, -0.2) is 11.7 Å². The van der Waals surface area contributed by atoms with E-state index in [1.54, 1.807) is 11.8 Å². The minimum Gasteiger partial charge on any atom is -0.456 e. The molecule has 0 saturated carbocycles. The van der Waals surface area contributed by atoms with Crippen LogP contribution in [0.2, 0.25) is 0 Å². The lowest BCUT2D eigenvalue weighted by Crippen LogP contribution is -2.12. The maximum absolute atomic E-state index is 12.7. The molecule has 3 aromatic carbocycles. The number of nitrogens with one attached hydrogen (secondary N) is 1. The Balaban J connectivity index is 1.66. The van der Waals surface area contributed by atoms with E-state index >= 15 is 0 Å². The van der Waals surface area contributed by atoms with E-state index in [9.17, 15) is 4.79 Å². The molecule has 4 aromatic rings. The van der Waals surface area contributed by atoms with E-state index in [0.29, 0.717) is 5.56 Å². The van der Waals surface area contributed by atoms with Crippen LogP contribution in [0.5, 0.6) is 0 Å². The molecule has 1 heterocycles. The van der Waals surface area contributed by atoms with Crippen molar-refractivity contribution in [2.45, 2.75) is 11.8 Å². The fraction of sp³-hybridized carbons (Fsp3) is 0.0952. The first-order valence-electron chi connectivity index (χ1n) is 8.21. The zero-order chi connectivity index (χ0) is 17.2. The largest absolute Gasteiger partial charge is 0.456 e. The molecule has 1 aromatic heterocycles. The zero-order valence-corrected chi connectivity index (χ0v) is 14.6. The van der Waals surface area contributed by atoms with Crippen molar-refractivity contribution < 1.29 is 9.21 Å². The average Bonchev–Trinajstić information content (AvgIpc) is 3.00. The maximum atomic E-state index is 12.7. The molecule has 0 bridgehead atoms. The lowest BCUT2D eigenvalue weighted by atomic mass is 10.1. The molecular formula is C21H17NO2S. The molecule has 4 heteroatoms. The number of thioether (sulfide) groups is 1. The van der Waals surface area contributed by atoms with E-state index in [1.807, 2.05) is 66.7 Å². The summed E-state index contributed by atoms with van der Waals surface area (Å²) in [4.78, 5) is 13.7. The van der Waals surface area contributed by atoms with Crippen LogP contribution in [-0.2, 0) is 0 Å². The summed E-state index contributed by atoms with van der Waals surface area (Å²) in [6.45, 7) is 2.08. The first-order valence-corrected chi connectivity index (χ1v) is 9.19. The van der Waals surface area contributed by atoms with Crippen LogP contribution in [0, 0.1) is 0 Å². The number of anilines is 1. The highest BCUT2D eigenvalue weighted by Crippen LogP contribution is 2.30. The Labute approximate surface area is 150 Å². The van der Waals surface area contributed by atoms with Crippen molar-refractivity contribution in [2.75, 3.05) is 11.1 Å². The first-order chi connectivity index (χ1) is 12.3. The van der Waals surface area contributed by atoms with Crippen molar-refractivity contribution in [3.05, 3.63) is 72.3 Å². The van der Waals surface area contributed by atoms with Crippen LogP contribution in [0.25, 0.3) is 21.9 Å². The average molecular weight is 347 g/mol. The van der Waals surface area contributed by atoms with Crippen LogP contribution in [0.1, 0.15) is 17.3 Å². The standard InChI is InChI=1S/C21H17NO2S/c1-2-25-20-10-6-4-8-17(20)21(23)22-14-11-12-16-15-7-3-5-9-18(15)24-19(16)13-14/h3-13H,2H2,1H3,(H,22,23). The Morgan fingerprint density at radius 3 is 2.60 bits per heavy atom. The third kappa shape index (κ3) is 3.01. The van der Waals surface area contributed by atoms with E-state index in [0.717, 1.165) is 38.3 Å². The number of fused-ring (bicyclic) bond motifs is 3. The summed E-state index contributed by atoms with van der Waals surface area (Å²) in [5, 5.41) is 5.12. The summed E-state index contributed by atoms with van der Waals surface area (Å²) in [6, 6.07) is 21.4. The smallest absolute Gasteiger partial charge is 0.256 e. The molecule has 1 amide bonds. The molecule has 0 atom stereocenters. The van der Waals surface area contributed by atoms with Crippen molar-refractivity contribution in [2.24, 2.45) is 0 Å². The number of carbonyl (C=O) groups is 1. The van der Waals surface area contributed by atoms with Crippen molar-refractivity contribution >= 4 is 45.3 Å². The molecule has 4 rings (SSSR count). The molecule has 0 unspecified atom stereocenters. The fourth-order valence-electron chi connectivity index (χ4n) is 2.94. The SMILES string of the molecule is CCSc1ccccc1C(=O)Nc1ccc2c(c1)oc1ccccc12. The number of hydrogen-bond donors (Lipinski definition) is 1. The van der Waals surface area contributed by atoms with Gasteiger partial charge in [0, 0.05) is 27.4 Å². The summed E-state index contributed by atoms with van der Waals surface area (Å²) < 4.78 is 5.89.